The van der Waals surface area contributed by atoms with Gasteiger partial charge in [-0.2, -0.15) is 0 Å². The summed E-state index contributed by atoms with van der Waals surface area (Å²) in [5.74, 6) is 0.765. The highest BCUT2D eigenvalue weighted by Crippen LogP contribution is 2.26. The molecule has 0 saturated heterocycles. The lowest BCUT2D eigenvalue weighted by molar-refractivity contribution is -0.122. The van der Waals surface area contributed by atoms with Crippen molar-refractivity contribution in [3.8, 4) is 17.2 Å². The molecule has 0 spiro atoms. The molecule has 3 aromatic carbocycles. The van der Waals surface area contributed by atoms with Gasteiger partial charge in [-0.25, -0.2) is 0 Å². The summed E-state index contributed by atoms with van der Waals surface area (Å²) in [6, 6.07) is 18.6. The van der Waals surface area contributed by atoms with Gasteiger partial charge in [-0.05, 0) is 55.5 Å². The molecule has 0 heterocycles. The lowest BCUT2D eigenvalue weighted by atomic mass is 10.1. The van der Waals surface area contributed by atoms with Gasteiger partial charge in [0.05, 0.1) is 24.8 Å². The molecule has 7 nitrogen and oxygen atoms in total. The Balaban J connectivity index is 1.61. The molecule has 0 fully saturated rings. The van der Waals surface area contributed by atoms with Gasteiger partial charge < -0.3 is 24.8 Å². The summed E-state index contributed by atoms with van der Waals surface area (Å²) in [4.78, 5) is 25.0. The van der Waals surface area contributed by atoms with Crippen LogP contribution in [0.1, 0.15) is 17.3 Å². The number of nitrogens with one attached hydrogen (secondary N) is 2. The zero-order chi connectivity index (χ0) is 23.1. The lowest BCUT2D eigenvalue weighted by Crippen LogP contribution is -2.30. The number of para-hydroxylation sites is 1. The Bertz CT molecular complexity index is 1100. The van der Waals surface area contributed by atoms with Crippen molar-refractivity contribution in [2.75, 3.05) is 24.9 Å². The van der Waals surface area contributed by atoms with E-state index in [0.717, 1.165) is 0 Å². The summed E-state index contributed by atoms with van der Waals surface area (Å²) < 4.78 is 16.0. The molecule has 0 aromatic heterocycles. The normalized spacial score (nSPS) is 11.2. The Kier molecular flexibility index (Phi) is 7.57. The van der Waals surface area contributed by atoms with Gasteiger partial charge in [0.25, 0.3) is 11.8 Å². The fourth-order valence-electron chi connectivity index (χ4n) is 2.85. The Morgan fingerprint density at radius 3 is 2.12 bits per heavy atom. The summed E-state index contributed by atoms with van der Waals surface area (Å²) in [7, 11) is 3.03. The number of anilines is 2. The third-order valence-electron chi connectivity index (χ3n) is 4.57. The number of halogens is 1. The Morgan fingerprint density at radius 2 is 1.50 bits per heavy atom. The number of amides is 2. The first kappa shape index (κ1) is 23.0. The molecule has 0 radical (unpaired) electrons. The average molecular weight is 455 g/mol. The third kappa shape index (κ3) is 5.70. The van der Waals surface area contributed by atoms with Crippen LogP contribution >= 0.6 is 11.6 Å². The van der Waals surface area contributed by atoms with E-state index in [-0.39, 0.29) is 11.8 Å². The van der Waals surface area contributed by atoms with Crippen LogP contribution in [-0.4, -0.2) is 32.1 Å². The van der Waals surface area contributed by atoms with Crippen LogP contribution in [0.2, 0.25) is 5.02 Å². The molecule has 2 N–H and O–H groups in total. The molecule has 2 amide bonds. The van der Waals surface area contributed by atoms with Gasteiger partial charge in [-0.15, -0.1) is 0 Å². The van der Waals surface area contributed by atoms with Gasteiger partial charge in [0.2, 0.25) is 0 Å². The van der Waals surface area contributed by atoms with Gasteiger partial charge in [0.15, 0.2) is 6.10 Å². The number of hydrogen-bond donors (Lipinski definition) is 2. The quantitative estimate of drug-likeness (QED) is 0.499. The van der Waals surface area contributed by atoms with E-state index in [1.165, 1.54) is 7.11 Å². The zero-order valence-electron chi connectivity index (χ0n) is 17.8. The van der Waals surface area contributed by atoms with Gasteiger partial charge >= 0.3 is 0 Å². The van der Waals surface area contributed by atoms with Crippen LogP contribution in [0.3, 0.4) is 0 Å². The van der Waals surface area contributed by atoms with Crippen molar-refractivity contribution in [2.24, 2.45) is 0 Å². The molecule has 0 bridgehead atoms. The van der Waals surface area contributed by atoms with E-state index in [0.29, 0.717) is 39.2 Å². The fourth-order valence-corrected chi connectivity index (χ4v) is 3.03. The Morgan fingerprint density at radius 1 is 0.844 bits per heavy atom. The highest BCUT2D eigenvalue weighted by atomic mass is 35.5. The van der Waals surface area contributed by atoms with E-state index in [9.17, 15) is 9.59 Å². The summed E-state index contributed by atoms with van der Waals surface area (Å²) in [6.07, 6.45) is -0.753. The summed E-state index contributed by atoms with van der Waals surface area (Å²) in [5.41, 5.74) is 1.49. The molecule has 0 aliphatic heterocycles. The van der Waals surface area contributed by atoms with Gasteiger partial charge in [-0.1, -0.05) is 23.7 Å². The van der Waals surface area contributed by atoms with Crippen molar-refractivity contribution in [1.82, 2.24) is 0 Å². The number of rotatable bonds is 8. The van der Waals surface area contributed by atoms with Gasteiger partial charge in [0, 0.05) is 17.4 Å². The molecule has 1 unspecified atom stereocenters. The number of carbonyl (C=O) groups excluding carboxylic acids is 2. The maximum Gasteiger partial charge on any atom is 0.265 e. The van der Waals surface area contributed by atoms with Crippen LogP contribution in [0.5, 0.6) is 17.2 Å². The van der Waals surface area contributed by atoms with Crippen molar-refractivity contribution in [3.05, 3.63) is 77.3 Å². The van der Waals surface area contributed by atoms with Crippen LogP contribution in [0.4, 0.5) is 11.4 Å². The van der Waals surface area contributed by atoms with Crippen molar-refractivity contribution in [3.63, 3.8) is 0 Å². The van der Waals surface area contributed by atoms with Crippen LogP contribution in [-0.2, 0) is 4.79 Å². The molecule has 1 atom stereocenters. The van der Waals surface area contributed by atoms with Crippen molar-refractivity contribution in [2.45, 2.75) is 13.0 Å². The molecular weight excluding hydrogens is 432 g/mol. The first-order valence-electron chi connectivity index (χ1n) is 9.76. The minimum atomic E-state index is -0.753. The summed E-state index contributed by atoms with van der Waals surface area (Å²) >= 11 is 6.07. The summed E-state index contributed by atoms with van der Waals surface area (Å²) in [5, 5.41) is 6.00. The smallest absolute Gasteiger partial charge is 0.265 e. The fraction of sp³-hybridized carbons (Fsp3) is 0.167. The number of benzene rings is 3. The molecule has 0 saturated carbocycles. The highest BCUT2D eigenvalue weighted by molar-refractivity contribution is 6.32. The maximum absolute atomic E-state index is 12.6. The first-order valence-corrected chi connectivity index (χ1v) is 10.1. The Hall–Kier alpha value is -3.71. The molecule has 32 heavy (non-hydrogen) atoms. The van der Waals surface area contributed by atoms with Crippen molar-refractivity contribution < 1.29 is 23.8 Å². The van der Waals surface area contributed by atoms with E-state index in [1.54, 1.807) is 80.8 Å². The minimum Gasteiger partial charge on any atom is -0.497 e. The monoisotopic (exact) mass is 454 g/mol. The van der Waals surface area contributed by atoms with E-state index < -0.39 is 6.10 Å². The second kappa shape index (κ2) is 10.5. The van der Waals surface area contributed by atoms with Gasteiger partial charge in [-0.3, -0.25) is 9.59 Å². The predicted octanol–water partition coefficient (Wildman–Crippen LogP) is 5.02. The number of ether oxygens (including phenoxy) is 3. The number of hydrogen-bond acceptors (Lipinski definition) is 5. The maximum atomic E-state index is 12.6. The van der Waals surface area contributed by atoms with Crippen LogP contribution in [0.15, 0.2) is 66.7 Å². The lowest BCUT2D eigenvalue weighted by Gasteiger charge is -2.16. The van der Waals surface area contributed by atoms with Crippen LogP contribution in [0, 0.1) is 0 Å². The molecule has 0 aliphatic rings. The van der Waals surface area contributed by atoms with Crippen molar-refractivity contribution in [1.29, 1.82) is 0 Å². The summed E-state index contributed by atoms with van der Waals surface area (Å²) in [6.45, 7) is 1.63. The predicted molar refractivity (Wildman–Crippen MR) is 124 cm³/mol. The van der Waals surface area contributed by atoms with E-state index in [2.05, 4.69) is 10.6 Å². The molecule has 3 rings (SSSR count). The SMILES string of the molecule is COc1ccc(C(=O)Nc2ccc(NC(=O)C(C)Oc3ccccc3Cl)cc2)c(OC)c1. The van der Waals surface area contributed by atoms with E-state index in [1.807, 2.05) is 0 Å². The van der Waals surface area contributed by atoms with E-state index in [4.69, 9.17) is 25.8 Å². The molecule has 3 aromatic rings. The van der Waals surface area contributed by atoms with E-state index >= 15 is 0 Å². The van der Waals surface area contributed by atoms with Gasteiger partial charge in [0.1, 0.15) is 17.2 Å². The zero-order valence-corrected chi connectivity index (χ0v) is 18.6. The standard InChI is InChI=1S/C24H23ClN2O5/c1-15(32-21-7-5-4-6-20(21)25)23(28)26-16-8-10-17(11-9-16)27-24(29)19-13-12-18(30-2)14-22(19)31-3/h4-15H,1-3H3,(H,26,28)(H,27,29). The first-order chi connectivity index (χ1) is 15.4. The molecule has 8 heteroatoms. The number of carbonyl (C=O) groups is 2. The Labute approximate surface area is 191 Å². The minimum absolute atomic E-state index is 0.329. The van der Waals surface area contributed by atoms with Crippen LogP contribution < -0.4 is 24.8 Å². The average Bonchev–Trinajstić information content (AvgIpc) is 2.81. The van der Waals surface area contributed by atoms with Crippen molar-refractivity contribution >= 4 is 34.8 Å². The number of methoxy groups -OCH3 is 2. The molecule has 0 aliphatic carbocycles. The largest absolute Gasteiger partial charge is 0.497 e. The molecule has 166 valence electrons. The highest BCUT2D eigenvalue weighted by Gasteiger charge is 2.17. The topological polar surface area (TPSA) is 85.9 Å². The molecular formula is C24H23ClN2O5. The third-order valence-corrected chi connectivity index (χ3v) is 4.89. The second-order valence-electron chi connectivity index (χ2n) is 6.78. The second-order valence-corrected chi connectivity index (χ2v) is 7.18. The van der Waals surface area contributed by atoms with Crippen LogP contribution in [0.25, 0.3) is 0 Å².